The number of nitrogens with two attached hydrogens (primary N) is 1. The van der Waals surface area contributed by atoms with Crippen LogP contribution in [0.3, 0.4) is 0 Å². The summed E-state index contributed by atoms with van der Waals surface area (Å²) in [6.45, 7) is 4.74. The van der Waals surface area contributed by atoms with Crippen LogP contribution in [0.2, 0.25) is 0 Å². The molecule has 0 aromatic heterocycles. The topological polar surface area (TPSA) is 67.6 Å². The molecular formula is C13H19N3O2. The van der Waals surface area contributed by atoms with Crippen LogP contribution in [-0.4, -0.2) is 31.6 Å². The Labute approximate surface area is 107 Å². The predicted octanol–water partition coefficient (Wildman–Crippen LogP) is 0.992. The van der Waals surface area contributed by atoms with Crippen molar-refractivity contribution in [3.63, 3.8) is 0 Å². The van der Waals surface area contributed by atoms with Gasteiger partial charge in [-0.3, -0.25) is 4.79 Å². The highest BCUT2D eigenvalue weighted by atomic mass is 16.5. The van der Waals surface area contributed by atoms with E-state index in [1.807, 2.05) is 20.9 Å². The van der Waals surface area contributed by atoms with E-state index in [2.05, 4.69) is 5.32 Å². The highest BCUT2D eigenvalue weighted by Crippen LogP contribution is 2.34. The summed E-state index contributed by atoms with van der Waals surface area (Å²) >= 11 is 0. The van der Waals surface area contributed by atoms with Gasteiger partial charge in [0.25, 0.3) is 5.91 Å². The number of likely N-dealkylation sites (N-methyl/N-ethyl adjacent to an activating group) is 1. The van der Waals surface area contributed by atoms with E-state index in [0.29, 0.717) is 18.0 Å². The van der Waals surface area contributed by atoms with Gasteiger partial charge >= 0.3 is 0 Å². The summed E-state index contributed by atoms with van der Waals surface area (Å²) in [6.07, 6.45) is 0. The van der Waals surface area contributed by atoms with E-state index < -0.39 is 0 Å². The zero-order valence-corrected chi connectivity index (χ0v) is 11.0. The minimum atomic E-state index is -0.172. The van der Waals surface area contributed by atoms with E-state index in [0.717, 1.165) is 5.69 Å². The first kappa shape index (κ1) is 12.7. The zero-order chi connectivity index (χ0) is 13.3. The van der Waals surface area contributed by atoms with E-state index in [4.69, 9.17) is 10.5 Å². The fourth-order valence-electron chi connectivity index (χ4n) is 1.87. The summed E-state index contributed by atoms with van der Waals surface area (Å²) in [5.41, 5.74) is 6.97. The highest BCUT2D eigenvalue weighted by Gasteiger charge is 2.30. The Bertz CT molecular complexity index is 471. The molecule has 1 amide bonds. The summed E-state index contributed by atoms with van der Waals surface area (Å²) < 4.78 is 5.40. The fourth-order valence-corrected chi connectivity index (χ4v) is 1.87. The molecule has 98 valence electrons. The third-order valence-electron chi connectivity index (χ3n) is 3.16. The van der Waals surface area contributed by atoms with Crippen molar-refractivity contribution >= 4 is 17.3 Å². The van der Waals surface area contributed by atoms with Crippen LogP contribution in [0.1, 0.15) is 13.8 Å². The average molecular weight is 249 g/mol. The molecule has 0 radical (unpaired) electrons. The molecule has 1 aromatic rings. The van der Waals surface area contributed by atoms with Crippen LogP contribution >= 0.6 is 0 Å². The Morgan fingerprint density at radius 1 is 1.50 bits per heavy atom. The summed E-state index contributed by atoms with van der Waals surface area (Å²) in [6, 6.07) is 5.35. The van der Waals surface area contributed by atoms with Gasteiger partial charge in [-0.05, 0) is 39.1 Å². The second-order valence-electron chi connectivity index (χ2n) is 5.13. The summed E-state index contributed by atoms with van der Waals surface area (Å²) in [5, 5.41) is 3.19. The van der Waals surface area contributed by atoms with Crippen molar-refractivity contribution in [2.24, 2.45) is 0 Å². The van der Waals surface area contributed by atoms with Crippen LogP contribution in [-0.2, 0) is 4.79 Å². The van der Waals surface area contributed by atoms with E-state index in [1.54, 1.807) is 23.1 Å². The maximum absolute atomic E-state index is 12.0. The number of carbonyl (C=O) groups excluding carboxylic acids is 1. The van der Waals surface area contributed by atoms with Crippen LogP contribution in [0, 0.1) is 0 Å². The third-order valence-corrected chi connectivity index (χ3v) is 3.16. The fraction of sp³-hybridized carbons (Fsp3) is 0.462. The van der Waals surface area contributed by atoms with Gasteiger partial charge in [0, 0.05) is 17.8 Å². The Kier molecular flexibility index (Phi) is 3.17. The minimum absolute atomic E-state index is 0.0450. The lowest BCUT2D eigenvalue weighted by Crippen LogP contribution is -2.51. The Morgan fingerprint density at radius 3 is 2.89 bits per heavy atom. The molecule has 1 heterocycles. The van der Waals surface area contributed by atoms with Crippen LogP contribution < -0.4 is 20.7 Å². The number of hydrogen-bond acceptors (Lipinski definition) is 4. The zero-order valence-electron chi connectivity index (χ0n) is 11.0. The molecule has 5 heteroatoms. The number of carbonyl (C=O) groups is 1. The van der Waals surface area contributed by atoms with Crippen molar-refractivity contribution < 1.29 is 9.53 Å². The number of benzene rings is 1. The molecule has 2 rings (SSSR count). The number of amides is 1. The van der Waals surface area contributed by atoms with Gasteiger partial charge in [-0.25, -0.2) is 0 Å². The van der Waals surface area contributed by atoms with Crippen LogP contribution in [0.25, 0.3) is 0 Å². The molecule has 18 heavy (non-hydrogen) atoms. The summed E-state index contributed by atoms with van der Waals surface area (Å²) in [4.78, 5) is 13.7. The lowest BCUT2D eigenvalue weighted by molar-refractivity contribution is -0.121. The van der Waals surface area contributed by atoms with Crippen molar-refractivity contribution in [3.05, 3.63) is 18.2 Å². The molecule has 5 nitrogen and oxygen atoms in total. The highest BCUT2D eigenvalue weighted by molar-refractivity contribution is 5.98. The van der Waals surface area contributed by atoms with E-state index >= 15 is 0 Å². The van der Waals surface area contributed by atoms with Gasteiger partial charge in [-0.2, -0.15) is 0 Å². The van der Waals surface area contributed by atoms with Gasteiger partial charge in [0.15, 0.2) is 6.61 Å². The van der Waals surface area contributed by atoms with Gasteiger partial charge in [-0.15, -0.1) is 0 Å². The average Bonchev–Trinajstić information content (AvgIpc) is 2.33. The minimum Gasteiger partial charge on any atom is -0.482 e. The molecule has 1 aromatic carbocycles. The quantitative estimate of drug-likeness (QED) is 0.784. The van der Waals surface area contributed by atoms with Gasteiger partial charge in [0.1, 0.15) is 5.75 Å². The molecule has 0 spiro atoms. The lowest BCUT2D eigenvalue weighted by atomic mass is 10.0. The molecule has 0 fully saturated rings. The van der Waals surface area contributed by atoms with Gasteiger partial charge in [0.2, 0.25) is 0 Å². The molecule has 0 unspecified atom stereocenters. The number of anilines is 2. The van der Waals surface area contributed by atoms with Gasteiger partial charge < -0.3 is 20.7 Å². The maximum atomic E-state index is 12.0. The van der Waals surface area contributed by atoms with Crippen molar-refractivity contribution in [3.8, 4) is 5.75 Å². The first-order chi connectivity index (χ1) is 8.43. The van der Waals surface area contributed by atoms with E-state index in [-0.39, 0.29) is 18.1 Å². The molecule has 0 atom stereocenters. The Morgan fingerprint density at radius 2 is 2.22 bits per heavy atom. The smallest absolute Gasteiger partial charge is 0.265 e. The molecule has 0 aliphatic carbocycles. The number of fused-ring (bicyclic) bond motifs is 1. The molecule has 3 N–H and O–H groups in total. The molecule has 0 saturated carbocycles. The number of nitrogens with one attached hydrogen (secondary N) is 1. The largest absolute Gasteiger partial charge is 0.482 e. The molecule has 1 aliphatic rings. The number of rotatable bonds is 3. The van der Waals surface area contributed by atoms with Crippen LogP contribution in [0.5, 0.6) is 5.75 Å². The molecule has 0 bridgehead atoms. The Balaban J connectivity index is 2.36. The van der Waals surface area contributed by atoms with Crippen molar-refractivity contribution in [2.75, 3.05) is 30.8 Å². The van der Waals surface area contributed by atoms with Crippen LogP contribution in [0.15, 0.2) is 18.2 Å². The first-order valence-corrected chi connectivity index (χ1v) is 5.94. The number of hydrogen-bond donors (Lipinski definition) is 2. The van der Waals surface area contributed by atoms with Crippen molar-refractivity contribution in [1.29, 1.82) is 0 Å². The standard InChI is InChI=1S/C13H19N3O2/c1-13(2,15-3)8-16-10-6-9(14)4-5-11(10)18-7-12(16)17/h4-6,15H,7-8,14H2,1-3H3. The number of ether oxygens (including phenoxy) is 1. The SMILES string of the molecule is CNC(C)(C)CN1C(=O)COc2ccc(N)cc21. The maximum Gasteiger partial charge on any atom is 0.265 e. The van der Waals surface area contributed by atoms with Crippen molar-refractivity contribution in [2.45, 2.75) is 19.4 Å². The molecule has 1 aliphatic heterocycles. The monoisotopic (exact) mass is 249 g/mol. The first-order valence-electron chi connectivity index (χ1n) is 5.94. The predicted molar refractivity (Wildman–Crippen MR) is 71.8 cm³/mol. The number of nitrogens with zero attached hydrogens (tertiary/aromatic N) is 1. The van der Waals surface area contributed by atoms with Gasteiger partial charge in [-0.1, -0.05) is 0 Å². The third kappa shape index (κ3) is 2.41. The second kappa shape index (κ2) is 4.49. The van der Waals surface area contributed by atoms with E-state index in [1.165, 1.54) is 0 Å². The normalized spacial score (nSPS) is 15.3. The summed E-state index contributed by atoms with van der Waals surface area (Å²) in [7, 11) is 1.88. The molecular weight excluding hydrogens is 230 g/mol. The lowest BCUT2D eigenvalue weighted by Gasteiger charge is -2.35. The second-order valence-corrected chi connectivity index (χ2v) is 5.13. The molecule has 0 saturated heterocycles. The van der Waals surface area contributed by atoms with Crippen LogP contribution in [0.4, 0.5) is 11.4 Å². The van der Waals surface area contributed by atoms with Crippen molar-refractivity contribution in [1.82, 2.24) is 5.32 Å². The Hall–Kier alpha value is -1.75. The summed E-state index contributed by atoms with van der Waals surface area (Å²) in [5.74, 6) is 0.659. The number of nitrogen functional groups attached to an aromatic ring is 1. The van der Waals surface area contributed by atoms with E-state index in [9.17, 15) is 4.79 Å². The van der Waals surface area contributed by atoms with Gasteiger partial charge in [0.05, 0.1) is 5.69 Å².